The molecule has 23 heavy (non-hydrogen) atoms. The van der Waals surface area contributed by atoms with Crippen LogP contribution in [0.15, 0.2) is 24.5 Å². The van der Waals surface area contributed by atoms with Crippen molar-refractivity contribution in [3.63, 3.8) is 0 Å². The van der Waals surface area contributed by atoms with Crippen molar-refractivity contribution in [1.29, 1.82) is 0 Å². The normalized spacial score (nSPS) is 16.5. The molecule has 2 aromatic rings. The number of amides is 2. The second kappa shape index (κ2) is 6.03. The molecule has 0 saturated heterocycles. The van der Waals surface area contributed by atoms with E-state index in [2.05, 4.69) is 20.7 Å². The van der Waals surface area contributed by atoms with Gasteiger partial charge in [-0.25, -0.2) is 14.5 Å². The fraction of sp³-hybridized carbons (Fsp3) is 0.357. The number of hydrogen-bond donors (Lipinski definition) is 2. The van der Waals surface area contributed by atoms with E-state index in [1.165, 1.54) is 18.5 Å². The third-order valence-corrected chi connectivity index (χ3v) is 3.79. The fourth-order valence-electron chi connectivity index (χ4n) is 2.65. The first kappa shape index (κ1) is 14.9. The number of anilines is 1. The fourth-order valence-corrected chi connectivity index (χ4v) is 2.65. The van der Waals surface area contributed by atoms with Crippen LogP contribution in [0.3, 0.4) is 0 Å². The summed E-state index contributed by atoms with van der Waals surface area (Å²) in [6, 6.07) is 4.11. The van der Waals surface area contributed by atoms with Crippen LogP contribution in [0, 0.1) is 17.0 Å². The Labute approximate surface area is 131 Å². The van der Waals surface area contributed by atoms with Crippen molar-refractivity contribution in [3.05, 3.63) is 46.0 Å². The summed E-state index contributed by atoms with van der Waals surface area (Å²) in [5.41, 5.74) is 1.04. The van der Waals surface area contributed by atoms with Crippen molar-refractivity contribution in [2.75, 3.05) is 5.32 Å². The van der Waals surface area contributed by atoms with Crippen LogP contribution < -0.4 is 10.6 Å². The zero-order valence-corrected chi connectivity index (χ0v) is 12.5. The van der Waals surface area contributed by atoms with Gasteiger partial charge in [-0.1, -0.05) is 0 Å². The predicted octanol–water partition coefficient (Wildman–Crippen LogP) is 1.63. The molecular weight excluding hydrogens is 300 g/mol. The van der Waals surface area contributed by atoms with E-state index in [4.69, 9.17) is 0 Å². The third-order valence-electron chi connectivity index (χ3n) is 3.79. The molecule has 1 atom stereocenters. The predicted molar refractivity (Wildman–Crippen MR) is 82.1 cm³/mol. The average Bonchev–Trinajstić information content (AvgIpc) is 2.94. The van der Waals surface area contributed by atoms with Crippen LogP contribution in [0.5, 0.6) is 0 Å². The molecule has 0 aliphatic carbocycles. The lowest BCUT2D eigenvalue weighted by atomic mass is 10.1. The molecule has 2 heterocycles. The minimum Gasteiger partial charge on any atom is -0.333 e. The van der Waals surface area contributed by atoms with Crippen molar-refractivity contribution in [3.8, 4) is 0 Å². The van der Waals surface area contributed by atoms with E-state index in [9.17, 15) is 14.9 Å². The van der Waals surface area contributed by atoms with Crippen LogP contribution in [0.25, 0.3) is 0 Å². The smallest absolute Gasteiger partial charge is 0.319 e. The van der Waals surface area contributed by atoms with Gasteiger partial charge >= 0.3 is 6.03 Å². The van der Waals surface area contributed by atoms with Gasteiger partial charge in [-0.2, -0.15) is 5.10 Å². The maximum Gasteiger partial charge on any atom is 0.319 e. The molecule has 9 nitrogen and oxygen atoms in total. The van der Waals surface area contributed by atoms with E-state index in [-0.39, 0.29) is 17.8 Å². The van der Waals surface area contributed by atoms with Crippen LogP contribution in [0.1, 0.15) is 17.8 Å². The number of carbonyl (C=O) groups is 1. The Hall–Kier alpha value is -2.97. The number of fused-ring (bicyclic) bond motifs is 1. The Morgan fingerprint density at radius 1 is 1.48 bits per heavy atom. The summed E-state index contributed by atoms with van der Waals surface area (Å²) in [4.78, 5) is 26.5. The van der Waals surface area contributed by atoms with Crippen LogP contribution >= 0.6 is 0 Å². The van der Waals surface area contributed by atoms with E-state index in [1.807, 2.05) is 0 Å². The van der Waals surface area contributed by atoms with Gasteiger partial charge in [0.1, 0.15) is 12.2 Å². The monoisotopic (exact) mass is 316 g/mol. The van der Waals surface area contributed by atoms with Gasteiger partial charge < -0.3 is 10.6 Å². The van der Waals surface area contributed by atoms with Gasteiger partial charge in [-0.15, -0.1) is 0 Å². The summed E-state index contributed by atoms with van der Waals surface area (Å²) in [5, 5.41) is 20.5. The van der Waals surface area contributed by atoms with Crippen molar-refractivity contribution in [2.24, 2.45) is 0 Å². The standard InChI is InChI=1S/C14H16N6O3/c1-9-6-10(2-4-12(9)20(22)23)17-14(21)18-11-3-5-13-15-8-16-19(13)7-11/h2,4,6,8,11H,3,5,7H2,1H3,(H2,17,18,21)/t11-/m0/s1. The van der Waals surface area contributed by atoms with Crippen molar-refractivity contribution < 1.29 is 9.72 Å². The lowest BCUT2D eigenvalue weighted by Gasteiger charge is -2.23. The molecule has 9 heteroatoms. The van der Waals surface area contributed by atoms with Crippen LogP contribution in [-0.4, -0.2) is 31.8 Å². The molecule has 0 unspecified atom stereocenters. The molecule has 2 N–H and O–H groups in total. The second-order valence-electron chi connectivity index (χ2n) is 5.45. The van der Waals surface area contributed by atoms with E-state index in [0.29, 0.717) is 17.8 Å². The molecule has 0 saturated carbocycles. The summed E-state index contributed by atoms with van der Waals surface area (Å²) in [6.45, 7) is 2.22. The molecule has 0 spiro atoms. The number of nitro benzene ring substituents is 1. The molecule has 0 bridgehead atoms. The molecule has 0 fully saturated rings. The average molecular weight is 316 g/mol. The first-order valence-corrected chi connectivity index (χ1v) is 7.22. The zero-order chi connectivity index (χ0) is 16.4. The number of aromatic nitrogens is 3. The Bertz CT molecular complexity index is 757. The molecular formula is C14H16N6O3. The van der Waals surface area contributed by atoms with Gasteiger partial charge in [0.2, 0.25) is 0 Å². The minimum atomic E-state index is -0.448. The van der Waals surface area contributed by atoms with Gasteiger partial charge in [0.05, 0.1) is 17.5 Å². The number of hydrogen-bond acceptors (Lipinski definition) is 5. The van der Waals surface area contributed by atoms with Crippen molar-refractivity contribution in [1.82, 2.24) is 20.1 Å². The minimum absolute atomic E-state index is 0.0247. The molecule has 3 rings (SSSR count). The number of urea groups is 1. The lowest BCUT2D eigenvalue weighted by Crippen LogP contribution is -2.43. The van der Waals surface area contributed by atoms with Crippen molar-refractivity contribution in [2.45, 2.75) is 32.4 Å². The first-order chi connectivity index (χ1) is 11.0. The molecule has 1 aliphatic rings. The number of nitro groups is 1. The van der Waals surface area contributed by atoms with Crippen LogP contribution in [0.4, 0.5) is 16.2 Å². The van der Waals surface area contributed by atoms with E-state index in [0.717, 1.165) is 18.7 Å². The highest BCUT2D eigenvalue weighted by molar-refractivity contribution is 5.89. The number of aryl methyl sites for hydroxylation is 2. The highest BCUT2D eigenvalue weighted by Crippen LogP contribution is 2.21. The Morgan fingerprint density at radius 3 is 3.04 bits per heavy atom. The summed E-state index contributed by atoms with van der Waals surface area (Å²) in [7, 11) is 0. The maximum atomic E-state index is 12.1. The van der Waals surface area contributed by atoms with Gasteiger partial charge in [0.25, 0.3) is 5.69 Å². The molecule has 120 valence electrons. The highest BCUT2D eigenvalue weighted by atomic mass is 16.6. The third kappa shape index (κ3) is 3.28. The Morgan fingerprint density at radius 2 is 2.30 bits per heavy atom. The molecule has 1 aromatic carbocycles. The summed E-state index contributed by atoms with van der Waals surface area (Å²) in [6.07, 6.45) is 3.07. The molecule has 1 aromatic heterocycles. The van der Waals surface area contributed by atoms with E-state index in [1.54, 1.807) is 17.7 Å². The zero-order valence-electron chi connectivity index (χ0n) is 12.5. The summed E-state index contributed by atoms with van der Waals surface area (Å²) >= 11 is 0. The van der Waals surface area contributed by atoms with Gasteiger partial charge in [-0.3, -0.25) is 10.1 Å². The van der Waals surface area contributed by atoms with Crippen LogP contribution in [0.2, 0.25) is 0 Å². The highest BCUT2D eigenvalue weighted by Gasteiger charge is 2.21. The Balaban J connectivity index is 1.60. The maximum absolute atomic E-state index is 12.1. The SMILES string of the molecule is Cc1cc(NC(=O)N[C@H]2CCc3ncnn3C2)ccc1[N+](=O)[O-]. The molecule has 2 amide bonds. The first-order valence-electron chi connectivity index (χ1n) is 7.22. The Kier molecular flexibility index (Phi) is 3.92. The van der Waals surface area contributed by atoms with Crippen molar-refractivity contribution >= 4 is 17.4 Å². The number of carbonyl (C=O) groups excluding carboxylic acids is 1. The number of rotatable bonds is 3. The van der Waals surface area contributed by atoms with Crippen LogP contribution in [-0.2, 0) is 13.0 Å². The lowest BCUT2D eigenvalue weighted by molar-refractivity contribution is -0.385. The number of nitrogens with zero attached hydrogens (tertiary/aromatic N) is 4. The van der Waals surface area contributed by atoms with Gasteiger partial charge in [0.15, 0.2) is 0 Å². The summed E-state index contributed by atoms with van der Waals surface area (Å²) < 4.78 is 1.78. The topological polar surface area (TPSA) is 115 Å². The largest absolute Gasteiger partial charge is 0.333 e. The molecule has 0 radical (unpaired) electrons. The van der Waals surface area contributed by atoms with E-state index < -0.39 is 4.92 Å². The quantitative estimate of drug-likeness (QED) is 0.659. The summed E-state index contributed by atoms with van der Waals surface area (Å²) in [5.74, 6) is 0.925. The second-order valence-corrected chi connectivity index (χ2v) is 5.45. The molecule has 1 aliphatic heterocycles. The van der Waals surface area contributed by atoms with Gasteiger partial charge in [0, 0.05) is 23.7 Å². The van der Waals surface area contributed by atoms with Gasteiger partial charge in [-0.05, 0) is 25.5 Å². The van der Waals surface area contributed by atoms with E-state index >= 15 is 0 Å². The number of benzene rings is 1. The number of nitrogens with one attached hydrogen (secondary N) is 2.